The number of sulfonamides is 1. The number of alkyl halides is 3. The van der Waals surface area contributed by atoms with Gasteiger partial charge < -0.3 is 4.74 Å². The summed E-state index contributed by atoms with van der Waals surface area (Å²) in [6.45, 7) is 0.797. The summed E-state index contributed by atoms with van der Waals surface area (Å²) in [5.74, 6) is 1.51. The molecule has 2 atom stereocenters. The molecule has 0 bridgehead atoms. The first-order chi connectivity index (χ1) is 11.8. The molecule has 2 aliphatic rings. The molecule has 25 heavy (non-hydrogen) atoms. The summed E-state index contributed by atoms with van der Waals surface area (Å²) >= 11 is 1.66. The van der Waals surface area contributed by atoms with Crippen molar-refractivity contribution in [2.45, 2.75) is 42.5 Å². The van der Waals surface area contributed by atoms with Gasteiger partial charge in [0.05, 0.1) is 16.6 Å². The van der Waals surface area contributed by atoms with E-state index < -0.39 is 21.8 Å². The highest BCUT2D eigenvalue weighted by Gasteiger charge is 2.38. The van der Waals surface area contributed by atoms with Gasteiger partial charge in [0.2, 0.25) is 10.0 Å². The van der Waals surface area contributed by atoms with Crippen molar-refractivity contribution < 1.29 is 26.3 Å². The monoisotopic (exact) mass is 395 g/mol. The van der Waals surface area contributed by atoms with Crippen molar-refractivity contribution in [1.82, 2.24) is 4.31 Å². The van der Waals surface area contributed by atoms with Crippen LogP contribution in [0.4, 0.5) is 13.2 Å². The number of benzene rings is 1. The number of ether oxygens (including phenoxy) is 1. The highest BCUT2D eigenvalue weighted by atomic mass is 32.2. The Morgan fingerprint density at radius 1 is 1.28 bits per heavy atom. The van der Waals surface area contributed by atoms with Crippen molar-refractivity contribution in [2.24, 2.45) is 0 Å². The van der Waals surface area contributed by atoms with Gasteiger partial charge in [0.25, 0.3) is 0 Å². The first kappa shape index (κ1) is 19.0. The topological polar surface area (TPSA) is 46.6 Å². The van der Waals surface area contributed by atoms with E-state index in [0.29, 0.717) is 18.8 Å². The molecule has 0 aliphatic carbocycles. The first-order valence-electron chi connectivity index (χ1n) is 8.17. The third kappa shape index (κ3) is 4.32. The van der Waals surface area contributed by atoms with Gasteiger partial charge in [0.1, 0.15) is 0 Å². The lowest BCUT2D eigenvalue weighted by molar-refractivity contribution is -0.137. The number of hydrogen-bond donors (Lipinski definition) is 0. The van der Waals surface area contributed by atoms with E-state index in [9.17, 15) is 21.6 Å². The van der Waals surface area contributed by atoms with Crippen molar-refractivity contribution in [2.75, 3.05) is 24.7 Å². The summed E-state index contributed by atoms with van der Waals surface area (Å²) in [5, 5.41) is 0. The molecule has 9 heteroatoms. The minimum Gasteiger partial charge on any atom is -0.377 e. The largest absolute Gasteiger partial charge is 0.416 e. The van der Waals surface area contributed by atoms with E-state index in [1.54, 1.807) is 11.8 Å². The molecular formula is C16H20F3NO3S2. The van der Waals surface area contributed by atoms with Crippen molar-refractivity contribution in [3.63, 3.8) is 0 Å². The third-order valence-corrected chi connectivity index (χ3v) is 7.55. The van der Waals surface area contributed by atoms with Crippen molar-refractivity contribution in [1.29, 1.82) is 0 Å². The number of thioether (sulfide) groups is 1. The first-order valence-corrected chi connectivity index (χ1v) is 10.8. The molecule has 0 spiro atoms. The van der Waals surface area contributed by atoms with E-state index in [4.69, 9.17) is 4.74 Å². The van der Waals surface area contributed by atoms with E-state index in [2.05, 4.69) is 0 Å². The Labute approximate surface area is 149 Å². The van der Waals surface area contributed by atoms with Crippen molar-refractivity contribution >= 4 is 21.8 Å². The average Bonchev–Trinajstić information content (AvgIpc) is 3.25. The maximum atomic E-state index is 13.1. The Kier molecular flexibility index (Phi) is 5.67. The molecule has 2 unspecified atom stereocenters. The molecule has 1 aromatic carbocycles. The Morgan fingerprint density at radius 3 is 2.68 bits per heavy atom. The van der Waals surface area contributed by atoms with Gasteiger partial charge in [-0.15, -0.1) is 0 Å². The fraction of sp³-hybridized carbons (Fsp3) is 0.625. The quantitative estimate of drug-likeness (QED) is 0.767. The number of nitrogens with zero attached hydrogens (tertiary/aromatic N) is 1. The molecule has 0 amide bonds. The van der Waals surface area contributed by atoms with Gasteiger partial charge in [-0.05, 0) is 43.2 Å². The summed E-state index contributed by atoms with van der Waals surface area (Å²) < 4.78 is 71.9. The van der Waals surface area contributed by atoms with Crippen LogP contribution in [0.1, 0.15) is 24.8 Å². The van der Waals surface area contributed by atoms with E-state index in [0.717, 1.165) is 36.8 Å². The van der Waals surface area contributed by atoms with Gasteiger partial charge in [-0.25, -0.2) is 8.42 Å². The Hall–Kier alpha value is -0.770. The van der Waals surface area contributed by atoms with E-state index in [1.165, 1.54) is 10.4 Å². The SMILES string of the molecule is O=S(=O)(c1cccc(C(F)(F)F)c1)N(CC1CCCO1)C1CCSC1. The fourth-order valence-electron chi connectivity index (χ4n) is 3.15. The molecule has 2 aliphatic heterocycles. The van der Waals surface area contributed by atoms with Gasteiger partial charge in [-0.3, -0.25) is 0 Å². The van der Waals surface area contributed by atoms with Crippen LogP contribution in [0, 0.1) is 0 Å². The van der Waals surface area contributed by atoms with E-state index in [-0.39, 0.29) is 23.6 Å². The summed E-state index contributed by atoms with van der Waals surface area (Å²) in [7, 11) is -4.01. The molecule has 4 nitrogen and oxygen atoms in total. The van der Waals surface area contributed by atoms with Crippen LogP contribution in [-0.4, -0.2) is 49.5 Å². The molecule has 0 saturated carbocycles. The average molecular weight is 395 g/mol. The van der Waals surface area contributed by atoms with E-state index >= 15 is 0 Å². The second-order valence-electron chi connectivity index (χ2n) is 6.25. The second kappa shape index (κ2) is 7.46. The van der Waals surface area contributed by atoms with Crippen LogP contribution in [0.3, 0.4) is 0 Å². The maximum absolute atomic E-state index is 13.1. The zero-order valence-corrected chi connectivity index (χ0v) is 15.2. The Morgan fingerprint density at radius 2 is 2.08 bits per heavy atom. The van der Waals surface area contributed by atoms with Crippen LogP contribution in [0.25, 0.3) is 0 Å². The van der Waals surface area contributed by atoms with Crippen LogP contribution in [0.15, 0.2) is 29.2 Å². The lowest BCUT2D eigenvalue weighted by Gasteiger charge is -2.30. The minimum atomic E-state index is -4.58. The molecule has 2 heterocycles. The molecule has 0 N–H and O–H groups in total. The van der Waals surface area contributed by atoms with Crippen LogP contribution in [0.2, 0.25) is 0 Å². The van der Waals surface area contributed by atoms with Gasteiger partial charge in [0, 0.05) is 24.9 Å². The molecule has 1 aromatic rings. The maximum Gasteiger partial charge on any atom is 0.416 e. The number of halogens is 3. The van der Waals surface area contributed by atoms with Crippen LogP contribution >= 0.6 is 11.8 Å². The van der Waals surface area contributed by atoms with Crippen molar-refractivity contribution in [3.8, 4) is 0 Å². The van der Waals surface area contributed by atoms with Crippen molar-refractivity contribution in [3.05, 3.63) is 29.8 Å². The van der Waals surface area contributed by atoms with Gasteiger partial charge >= 0.3 is 6.18 Å². The number of rotatable bonds is 5. The van der Waals surface area contributed by atoms with Crippen LogP contribution in [0.5, 0.6) is 0 Å². The second-order valence-corrected chi connectivity index (χ2v) is 9.29. The van der Waals surface area contributed by atoms with E-state index in [1.807, 2.05) is 0 Å². The summed E-state index contributed by atoms with van der Waals surface area (Å²) in [6.07, 6.45) is -2.41. The number of hydrogen-bond acceptors (Lipinski definition) is 4. The normalized spacial score (nSPS) is 25.0. The minimum absolute atomic E-state index is 0.189. The molecule has 0 radical (unpaired) electrons. The van der Waals surface area contributed by atoms with Gasteiger partial charge in [0.15, 0.2) is 0 Å². The summed E-state index contributed by atoms with van der Waals surface area (Å²) in [6, 6.07) is 3.78. The zero-order valence-electron chi connectivity index (χ0n) is 13.5. The third-order valence-electron chi connectivity index (χ3n) is 4.49. The molecule has 2 saturated heterocycles. The van der Waals surface area contributed by atoms with Crippen LogP contribution < -0.4 is 0 Å². The molecule has 0 aromatic heterocycles. The molecule has 3 rings (SSSR count). The highest BCUT2D eigenvalue weighted by Crippen LogP contribution is 2.33. The standard InChI is InChI=1S/C16H20F3NO3S2/c17-16(18,19)12-3-1-5-15(9-12)25(21,22)20(13-6-8-24-11-13)10-14-4-2-7-23-14/h1,3,5,9,13-14H,2,4,6-8,10-11H2. The molecular weight excluding hydrogens is 375 g/mol. The lowest BCUT2D eigenvalue weighted by Crippen LogP contribution is -2.44. The Bertz CT molecular complexity index is 697. The summed E-state index contributed by atoms with van der Waals surface area (Å²) in [5.41, 5.74) is -0.952. The fourth-order valence-corrected chi connectivity index (χ4v) is 6.20. The van der Waals surface area contributed by atoms with Gasteiger partial charge in [-0.1, -0.05) is 6.07 Å². The highest BCUT2D eigenvalue weighted by molar-refractivity contribution is 7.99. The predicted molar refractivity (Wildman–Crippen MR) is 90.0 cm³/mol. The Balaban J connectivity index is 1.92. The van der Waals surface area contributed by atoms with Crippen LogP contribution in [-0.2, 0) is 20.9 Å². The zero-order chi connectivity index (χ0) is 18.1. The smallest absolute Gasteiger partial charge is 0.377 e. The summed E-state index contributed by atoms with van der Waals surface area (Å²) in [4.78, 5) is -0.308. The molecule has 140 valence electrons. The molecule has 2 fully saturated rings. The predicted octanol–water partition coefficient (Wildman–Crippen LogP) is 3.38. The lowest BCUT2D eigenvalue weighted by atomic mass is 10.2. The van der Waals surface area contributed by atoms with Gasteiger partial charge in [-0.2, -0.15) is 29.2 Å².